The van der Waals surface area contributed by atoms with Crippen LogP contribution in [0.3, 0.4) is 0 Å². The molecular weight excluding hydrogens is 287 g/mol. The van der Waals surface area contributed by atoms with Crippen molar-refractivity contribution in [3.05, 3.63) is 35.4 Å². The lowest BCUT2D eigenvalue weighted by Crippen LogP contribution is -2.46. The van der Waals surface area contributed by atoms with Crippen molar-refractivity contribution in [1.82, 2.24) is 4.90 Å². The molecule has 1 N–H and O–H groups in total. The lowest BCUT2D eigenvalue weighted by Gasteiger charge is -2.39. The molecule has 1 aliphatic rings. The van der Waals surface area contributed by atoms with E-state index in [0.717, 1.165) is 4.90 Å². The van der Waals surface area contributed by atoms with Crippen LogP contribution >= 0.6 is 0 Å². The number of aldehydes is 1. The van der Waals surface area contributed by atoms with E-state index < -0.39 is 30.8 Å². The molecule has 2 unspecified atom stereocenters. The molecule has 4 nitrogen and oxygen atoms in total. The molecule has 7 heteroatoms. The summed E-state index contributed by atoms with van der Waals surface area (Å²) in [6.45, 7) is -0.601. The number of amides is 1. The van der Waals surface area contributed by atoms with E-state index in [4.69, 9.17) is 0 Å². The van der Waals surface area contributed by atoms with Gasteiger partial charge in [-0.2, -0.15) is 13.2 Å². The minimum absolute atomic E-state index is 0.0430. The average molecular weight is 301 g/mol. The fourth-order valence-corrected chi connectivity index (χ4v) is 2.69. The van der Waals surface area contributed by atoms with Gasteiger partial charge in [-0.05, 0) is 18.4 Å². The Morgan fingerprint density at radius 3 is 2.52 bits per heavy atom. The van der Waals surface area contributed by atoms with Crippen molar-refractivity contribution >= 4 is 12.4 Å². The molecule has 0 bridgehead atoms. The van der Waals surface area contributed by atoms with Crippen LogP contribution in [0.15, 0.2) is 24.3 Å². The molecule has 0 radical (unpaired) electrons. The molecule has 0 saturated carbocycles. The molecule has 1 amide bonds. The van der Waals surface area contributed by atoms with E-state index in [9.17, 15) is 27.9 Å². The Kier molecular flexibility index (Phi) is 4.20. The molecule has 21 heavy (non-hydrogen) atoms. The third-order valence-corrected chi connectivity index (χ3v) is 3.77. The maximum absolute atomic E-state index is 12.8. The fraction of sp³-hybridized carbons (Fsp3) is 0.429. The summed E-state index contributed by atoms with van der Waals surface area (Å²) in [7, 11) is 0. The van der Waals surface area contributed by atoms with Crippen molar-refractivity contribution in [1.29, 1.82) is 0 Å². The Hall–Kier alpha value is -2.05. The predicted molar refractivity (Wildman–Crippen MR) is 68.1 cm³/mol. The zero-order chi connectivity index (χ0) is 15.6. The Labute approximate surface area is 119 Å². The number of benzene rings is 1. The number of alkyl halides is 3. The molecule has 1 fully saturated rings. The first-order chi connectivity index (χ1) is 9.84. The van der Waals surface area contributed by atoms with Gasteiger partial charge in [0, 0.05) is 12.1 Å². The van der Waals surface area contributed by atoms with Gasteiger partial charge in [-0.25, -0.2) is 4.79 Å². The normalized spacial score (nSPS) is 22.9. The average Bonchev–Trinajstić information content (AvgIpc) is 2.45. The molecule has 1 saturated heterocycles. The van der Waals surface area contributed by atoms with Crippen LogP contribution in [0, 0.1) is 5.92 Å². The summed E-state index contributed by atoms with van der Waals surface area (Å²) >= 11 is 0. The van der Waals surface area contributed by atoms with Gasteiger partial charge in [-0.15, -0.1) is 0 Å². The van der Waals surface area contributed by atoms with Crippen LogP contribution in [0.1, 0.15) is 34.8 Å². The summed E-state index contributed by atoms with van der Waals surface area (Å²) in [5, 5.41) is 9.19. The number of carbonyl (C=O) groups excluding carboxylic acids is 1. The van der Waals surface area contributed by atoms with E-state index in [1.54, 1.807) is 18.2 Å². The highest BCUT2D eigenvalue weighted by Crippen LogP contribution is 2.40. The molecule has 1 aliphatic heterocycles. The summed E-state index contributed by atoms with van der Waals surface area (Å²) in [5.74, 6) is -1.66. The zero-order valence-corrected chi connectivity index (χ0v) is 11.0. The summed E-state index contributed by atoms with van der Waals surface area (Å²) in [5.41, 5.74) is 0.759. The monoisotopic (exact) mass is 301 g/mol. The van der Waals surface area contributed by atoms with Crippen LogP contribution in [0.4, 0.5) is 18.0 Å². The maximum Gasteiger partial charge on any atom is 0.407 e. The highest BCUT2D eigenvalue weighted by Gasteiger charge is 2.46. The third kappa shape index (κ3) is 3.17. The van der Waals surface area contributed by atoms with Crippen molar-refractivity contribution in [3.63, 3.8) is 0 Å². The maximum atomic E-state index is 12.8. The SMILES string of the molecule is O=Cc1ccccc1C1CCC(C(F)(F)F)CN1C(=O)O. The number of hydrogen-bond acceptors (Lipinski definition) is 2. The molecule has 2 rings (SSSR count). The Morgan fingerprint density at radius 1 is 1.29 bits per heavy atom. The lowest BCUT2D eigenvalue weighted by atomic mass is 9.87. The van der Waals surface area contributed by atoms with E-state index >= 15 is 0 Å². The van der Waals surface area contributed by atoms with E-state index in [2.05, 4.69) is 0 Å². The van der Waals surface area contributed by atoms with E-state index in [0.29, 0.717) is 17.4 Å². The van der Waals surface area contributed by atoms with Crippen molar-refractivity contribution in [3.8, 4) is 0 Å². The number of nitrogens with zero attached hydrogens (tertiary/aromatic N) is 1. The lowest BCUT2D eigenvalue weighted by molar-refractivity contribution is -0.188. The van der Waals surface area contributed by atoms with Crippen LogP contribution < -0.4 is 0 Å². The van der Waals surface area contributed by atoms with Crippen LogP contribution in [0.25, 0.3) is 0 Å². The highest BCUT2D eigenvalue weighted by atomic mass is 19.4. The standard InChI is InChI=1S/C14H14F3NO3/c15-14(16,17)10-5-6-12(18(7-10)13(20)21)11-4-2-1-3-9(11)8-19/h1-4,8,10,12H,5-7H2,(H,20,21). The number of hydrogen-bond donors (Lipinski definition) is 1. The van der Waals surface area contributed by atoms with Gasteiger partial charge in [-0.3, -0.25) is 4.79 Å². The first-order valence-corrected chi connectivity index (χ1v) is 6.45. The minimum atomic E-state index is -4.41. The highest BCUT2D eigenvalue weighted by molar-refractivity contribution is 5.78. The molecule has 1 aromatic carbocycles. The topological polar surface area (TPSA) is 57.6 Å². The number of rotatable bonds is 2. The molecule has 114 valence electrons. The Balaban J connectivity index is 2.32. The number of halogens is 3. The van der Waals surface area contributed by atoms with Crippen LogP contribution in [0.2, 0.25) is 0 Å². The van der Waals surface area contributed by atoms with Crippen molar-refractivity contribution < 1.29 is 27.9 Å². The fourth-order valence-electron chi connectivity index (χ4n) is 2.69. The van der Waals surface area contributed by atoms with Crippen LogP contribution in [-0.4, -0.2) is 35.1 Å². The van der Waals surface area contributed by atoms with Gasteiger partial charge < -0.3 is 10.0 Å². The third-order valence-electron chi connectivity index (χ3n) is 3.77. The van der Waals surface area contributed by atoms with E-state index in [1.807, 2.05) is 0 Å². The van der Waals surface area contributed by atoms with Gasteiger partial charge in [0.05, 0.1) is 12.0 Å². The second-order valence-corrected chi connectivity index (χ2v) is 5.01. The second kappa shape index (κ2) is 5.75. The van der Waals surface area contributed by atoms with Gasteiger partial charge in [0.2, 0.25) is 0 Å². The zero-order valence-electron chi connectivity index (χ0n) is 11.0. The smallest absolute Gasteiger partial charge is 0.407 e. The first kappa shape index (κ1) is 15.3. The van der Waals surface area contributed by atoms with Gasteiger partial charge >= 0.3 is 12.3 Å². The summed E-state index contributed by atoms with van der Waals surface area (Å²) in [6.07, 6.45) is -5.34. The Bertz CT molecular complexity index is 545. The molecule has 2 atom stereocenters. The largest absolute Gasteiger partial charge is 0.465 e. The van der Waals surface area contributed by atoms with Crippen molar-refractivity contribution in [2.75, 3.05) is 6.54 Å². The minimum Gasteiger partial charge on any atom is -0.465 e. The number of carboxylic acid groups (broad SMARTS) is 1. The van der Waals surface area contributed by atoms with Gasteiger partial charge in [0.15, 0.2) is 0 Å². The van der Waals surface area contributed by atoms with Gasteiger partial charge in [0.25, 0.3) is 0 Å². The van der Waals surface area contributed by atoms with Crippen molar-refractivity contribution in [2.24, 2.45) is 5.92 Å². The summed E-state index contributed by atoms with van der Waals surface area (Å²) < 4.78 is 38.3. The summed E-state index contributed by atoms with van der Waals surface area (Å²) in [6, 6.07) is 5.65. The second-order valence-electron chi connectivity index (χ2n) is 5.01. The number of carbonyl (C=O) groups is 2. The molecule has 0 aliphatic carbocycles. The Morgan fingerprint density at radius 2 is 1.95 bits per heavy atom. The molecule has 0 spiro atoms. The van der Waals surface area contributed by atoms with Crippen LogP contribution in [0.5, 0.6) is 0 Å². The van der Waals surface area contributed by atoms with Gasteiger partial charge in [0.1, 0.15) is 6.29 Å². The predicted octanol–water partition coefficient (Wildman–Crippen LogP) is 3.49. The van der Waals surface area contributed by atoms with Crippen LogP contribution in [-0.2, 0) is 0 Å². The molecule has 1 heterocycles. The van der Waals surface area contributed by atoms with E-state index in [-0.39, 0.29) is 12.8 Å². The quantitative estimate of drug-likeness (QED) is 0.851. The molecule has 0 aromatic heterocycles. The van der Waals surface area contributed by atoms with Crippen molar-refractivity contribution in [2.45, 2.75) is 25.1 Å². The number of piperidine rings is 1. The van der Waals surface area contributed by atoms with Gasteiger partial charge in [-0.1, -0.05) is 24.3 Å². The molecule has 1 aromatic rings. The number of likely N-dealkylation sites (tertiary alicyclic amines) is 1. The summed E-state index contributed by atoms with van der Waals surface area (Å²) in [4.78, 5) is 23.1. The van der Waals surface area contributed by atoms with E-state index in [1.165, 1.54) is 6.07 Å². The molecular formula is C14H14F3NO3. The first-order valence-electron chi connectivity index (χ1n) is 6.45.